The fourth-order valence-electron chi connectivity index (χ4n) is 2.53. The molecule has 1 heterocycles. The van der Waals surface area contributed by atoms with E-state index < -0.39 is 0 Å². The van der Waals surface area contributed by atoms with Crippen molar-refractivity contribution in [2.45, 2.75) is 13.5 Å². The van der Waals surface area contributed by atoms with Crippen LogP contribution in [0.2, 0.25) is 0 Å². The average molecular weight is 297 g/mol. The van der Waals surface area contributed by atoms with Gasteiger partial charge in [0.05, 0.1) is 13.3 Å². The van der Waals surface area contributed by atoms with Gasteiger partial charge in [0.15, 0.2) is 5.11 Å². The van der Waals surface area contributed by atoms with E-state index in [1.54, 1.807) is 0 Å². The first-order chi connectivity index (χ1) is 10.2. The first-order valence-electron chi connectivity index (χ1n) is 7.11. The van der Waals surface area contributed by atoms with Crippen molar-refractivity contribution in [3.8, 4) is 0 Å². The van der Waals surface area contributed by atoms with Crippen LogP contribution in [-0.2, 0) is 6.54 Å². The second-order valence-corrected chi connectivity index (χ2v) is 5.75. The van der Waals surface area contributed by atoms with E-state index in [1.807, 2.05) is 6.07 Å². The van der Waals surface area contributed by atoms with Crippen LogP contribution in [-0.4, -0.2) is 23.3 Å². The smallest absolute Gasteiger partial charge is 0.175 e. The highest BCUT2D eigenvalue weighted by Gasteiger charge is 2.21. The minimum Gasteiger partial charge on any atom is -0.349 e. The monoisotopic (exact) mass is 297 g/mol. The number of anilines is 1. The lowest BCUT2D eigenvalue weighted by molar-refractivity contribution is 0.253. The third-order valence-electron chi connectivity index (χ3n) is 3.60. The zero-order valence-corrected chi connectivity index (χ0v) is 12.9. The summed E-state index contributed by atoms with van der Waals surface area (Å²) < 4.78 is 0. The fourth-order valence-corrected chi connectivity index (χ4v) is 2.76. The summed E-state index contributed by atoms with van der Waals surface area (Å²) >= 11 is 5.46. The second kappa shape index (κ2) is 6.24. The maximum absolute atomic E-state index is 5.46. The van der Waals surface area contributed by atoms with E-state index in [2.05, 4.69) is 70.6 Å². The zero-order valence-electron chi connectivity index (χ0n) is 12.1. The van der Waals surface area contributed by atoms with Crippen LogP contribution >= 0.6 is 12.2 Å². The Labute approximate surface area is 131 Å². The van der Waals surface area contributed by atoms with Gasteiger partial charge in [0.2, 0.25) is 0 Å². The summed E-state index contributed by atoms with van der Waals surface area (Å²) in [6, 6.07) is 19.0. The number of rotatable bonds is 3. The number of thiocarbonyl (C=S) groups is 1. The molecule has 2 aromatic rings. The van der Waals surface area contributed by atoms with Crippen LogP contribution in [0.4, 0.5) is 5.69 Å². The van der Waals surface area contributed by atoms with E-state index in [4.69, 9.17) is 12.2 Å². The van der Waals surface area contributed by atoms with Crippen molar-refractivity contribution in [2.24, 2.45) is 0 Å². The normalized spacial score (nSPS) is 15.9. The summed E-state index contributed by atoms with van der Waals surface area (Å²) in [5.74, 6) is 0. The van der Waals surface area contributed by atoms with Crippen LogP contribution in [0.1, 0.15) is 11.1 Å². The van der Waals surface area contributed by atoms with Gasteiger partial charge in [0, 0.05) is 12.2 Å². The molecule has 3 nitrogen and oxygen atoms in total. The van der Waals surface area contributed by atoms with Crippen molar-refractivity contribution in [3.63, 3.8) is 0 Å². The molecule has 4 heteroatoms. The Bertz CT molecular complexity index is 627. The molecule has 1 aliphatic rings. The molecule has 0 spiro atoms. The summed E-state index contributed by atoms with van der Waals surface area (Å²) in [6.45, 7) is 4.62. The number of benzene rings is 2. The van der Waals surface area contributed by atoms with Gasteiger partial charge in [0.1, 0.15) is 0 Å². The minimum absolute atomic E-state index is 0.788. The molecule has 0 aliphatic carbocycles. The third-order valence-corrected chi connectivity index (χ3v) is 3.97. The molecule has 1 saturated heterocycles. The van der Waals surface area contributed by atoms with Gasteiger partial charge in [-0.15, -0.1) is 0 Å². The second-order valence-electron chi connectivity index (χ2n) is 5.36. The molecule has 0 atom stereocenters. The number of hydrogen-bond acceptors (Lipinski definition) is 2. The Morgan fingerprint density at radius 1 is 1.10 bits per heavy atom. The van der Waals surface area contributed by atoms with E-state index in [-0.39, 0.29) is 0 Å². The van der Waals surface area contributed by atoms with E-state index >= 15 is 0 Å². The third kappa shape index (κ3) is 3.40. The first kappa shape index (κ1) is 14.0. The zero-order chi connectivity index (χ0) is 14.7. The van der Waals surface area contributed by atoms with Crippen LogP contribution in [0.3, 0.4) is 0 Å². The van der Waals surface area contributed by atoms with Crippen molar-refractivity contribution in [1.82, 2.24) is 10.2 Å². The molecule has 0 amide bonds. The lowest BCUT2D eigenvalue weighted by atomic mass is 10.2. The molecule has 108 valence electrons. The summed E-state index contributed by atoms with van der Waals surface area (Å²) in [5, 5.41) is 4.10. The maximum Gasteiger partial charge on any atom is 0.175 e. The standard InChI is InChI=1S/C17H19N3S/c1-14-6-5-9-16(10-14)20-13-19(12-18-17(20)21)11-15-7-3-2-4-8-15/h2-10H,11-13H2,1H3,(H,18,21). The summed E-state index contributed by atoms with van der Waals surface area (Å²) in [6.07, 6.45) is 0. The summed E-state index contributed by atoms with van der Waals surface area (Å²) in [5.41, 5.74) is 3.71. The lowest BCUT2D eigenvalue weighted by Crippen LogP contribution is -2.55. The Balaban J connectivity index is 1.74. The molecule has 21 heavy (non-hydrogen) atoms. The van der Waals surface area contributed by atoms with Gasteiger partial charge >= 0.3 is 0 Å². The molecule has 3 rings (SSSR count). The molecule has 0 aromatic heterocycles. The molecular weight excluding hydrogens is 278 g/mol. The van der Waals surface area contributed by atoms with Crippen LogP contribution in [0.15, 0.2) is 54.6 Å². The highest BCUT2D eigenvalue weighted by Crippen LogP contribution is 2.19. The molecule has 0 bridgehead atoms. The molecule has 1 fully saturated rings. The van der Waals surface area contributed by atoms with Crippen molar-refractivity contribution in [1.29, 1.82) is 0 Å². The van der Waals surface area contributed by atoms with Crippen LogP contribution < -0.4 is 10.2 Å². The maximum atomic E-state index is 5.46. The number of hydrogen-bond donors (Lipinski definition) is 1. The Morgan fingerprint density at radius 2 is 1.90 bits per heavy atom. The van der Waals surface area contributed by atoms with Crippen molar-refractivity contribution in [3.05, 3.63) is 65.7 Å². The molecule has 1 N–H and O–H groups in total. The molecule has 2 aromatic carbocycles. The van der Waals surface area contributed by atoms with Crippen molar-refractivity contribution >= 4 is 23.0 Å². The molecular formula is C17H19N3S. The highest BCUT2D eigenvalue weighted by molar-refractivity contribution is 7.80. The van der Waals surface area contributed by atoms with Gasteiger partial charge < -0.3 is 10.2 Å². The summed E-state index contributed by atoms with van der Waals surface area (Å²) in [4.78, 5) is 4.49. The van der Waals surface area contributed by atoms with E-state index in [0.717, 1.165) is 30.7 Å². The Hall–Kier alpha value is -1.91. The Morgan fingerprint density at radius 3 is 2.67 bits per heavy atom. The average Bonchev–Trinajstić information content (AvgIpc) is 2.50. The van der Waals surface area contributed by atoms with E-state index in [0.29, 0.717) is 0 Å². The van der Waals surface area contributed by atoms with Gasteiger partial charge in [-0.05, 0) is 42.4 Å². The van der Waals surface area contributed by atoms with Crippen molar-refractivity contribution in [2.75, 3.05) is 18.2 Å². The van der Waals surface area contributed by atoms with E-state index in [1.165, 1.54) is 11.1 Å². The van der Waals surface area contributed by atoms with Gasteiger partial charge in [-0.1, -0.05) is 42.5 Å². The summed E-state index contributed by atoms with van der Waals surface area (Å²) in [7, 11) is 0. The lowest BCUT2D eigenvalue weighted by Gasteiger charge is -2.38. The van der Waals surface area contributed by atoms with Gasteiger partial charge in [-0.3, -0.25) is 4.90 Å². The van der Waals surface area contributed by atoms with Crippen molar-refractivity contribution < 1.29 is 0 Å². The topological polar surface area (TPSA) is 18.5 Å². The number of aryl methyl sites for hydroxylation is 1. The highest BCUT2D eigenvalue weighted by atomic mass is 32.1. The minimum atomic E-state index is 0.788. The first-order valence-corrected chi connectivity index (χ1v) is 7.51. The van der Waals surface area contributed by atoms with E-state index in [9.17, 15) is 0 Å². The van der Waals surface area contributed by atoms with Crippen LogP contribution in [0.25, 0.3) is 0 Å². The number of nitrogens with one attached hydrogen (secondary N) is 1. The predicted molar refractivity (Wildman–Crippen MR) is 91.1 cm³/mol. The van der Waals surface area contributed by atoms with Crippen LogP contribution in [0.5, 0.6) is 0 Å². The van der Waals surface area contributed by atoms with Gasteiger partial charge in [-0.2, -0.15) is 0 Å². The SMILES string of the molecule is Cc1cccc(N2CN(Cc3ccccc3)CNC2=S)c1. The van der Waals surface area contributed by atoms with Gasteiger partial charge in [0.25, 0.3) is 0 Å². The quantitative estimate of drug-likeness (QED) is 0.877. The molecule has 0 unspecified atom stereocenters. The predicted octanol–water partition coefficient (Wildman–Crippen LogP) is 3.11. The Kier molecular flexibility index (Phi) is 4.18. The molecule has 0 saturated carbocycles. The molecule has 1 aliphatic heterocycles. The number of nitrogens with zero attached hydrogens (tertiary/aromatic N) is 2. The molecule has 0 radical (unpaired) electrons. The van der Waals surface area contributed by atoms with Crippen LogP contribution in [0, 0.1) is 6.92 Å². The fraction of sp³-hybridized carbons (Fsp3) is 0.235. The van der Waals surface area contributed by atoms with Gasteiger partial charge in [-0.25, -0.2) is 0 Å². The largest absolute Gasteiger partial charge is 0.349 e.